The van der Waals surface area contributed by atoms with Gasteiger partial charge in [-0.2, -0.15) is 4.31 Å². The zero-order chi connectivity index (χ0) is 17.2. The van der Waals surface area contributed by atoms with Crippen LogP contribution >= 0.6 is 0 Å². The van der Waals surface area contributed by atoms with Crippen molar-refractivity contribution in [3.63, 3.8) is 0 Å². The minimum Gasteiger partial charge on any atom is -0.392 e. The van der Waals surface area contributed by atoms with Crippen LogP contribution in [0.5, 0.6) is 0 Å². The Kier molecular flexibility index (Phi) is 5.39. The molecule has 1 N–H and O–H groups in total. The minimum absolute atomic E-state index is 0.279. The van der Waals surface area contributed by atoms with Gasteiger partial charge >= 0.3 is 0 Å². The van der Waals surface area contributed by atoms with Crippen LogP contribution in [0.15, 0.2) is 23.2 Å². The molecule has 1 aromatic rings. The minimum atomic E-state index is -3.39. The highest BCUT2D eigenvalue weighted by molar-refractivity contribution is 7.89. The van der Waals surface area contributed by atoms with Crippen molar-refractivity contribution in [3.05, 3.63) is 18.3 Å². The molecule has 0 radical (unpaired) electrons. The fourth-order valence-corrected chi connectivity index (χ4v) is 4.79. The number of aromatic nitrogens is 1. The quantitative estimate of drug-likeness (QED) is 0.823. The van der Waals surface area contributed by atoms with Crippen LogP contribution in [0.25, 0.3) is 0 Å². The van der Waals surface area contributed by atoms with Gasteiger partial charge in [-0.05, 0) is 31.9 Å². The normalized spacial score (nSPS) is 22.0. The number of hydrogen-bond donors (Lipinski definition) is 1. The number of β-amino-alcohol motifs (C(OH)–C–C–N with tert-alkyl or cyclic N) is 1. The second kappa shape index (κ2) is 7.35. The van der Waals surface area contributed by atoms with Gasteiger partial charge in [0, 0.05) is 52.0 Å². The Morgan fingerprint density at radius 1 is 1.12 bits per heavy atom. The summed E-state index contributed by atoms with van der Waals surface area (Å²) in [6.45, 7) is 7.11. The van der Waals surface area contributed by atoms with Gasteiger partial charge in [0.1, 0.15) is 10.7 Å². The monoisotopic (exact) mass is 354 g/mol. The highest BCUT2D eigenvalue weighted by Crippen LogP contribution is 2.22. The maximum atomic E-state index is 12.5. The van der Waals surface area contributed by atoms with E-state index in [2.05, 4.69) is 14.8 Å². The lowest BCUT2D eigenvalue weighted by atomic mass is 10.2. The van der Waals surface area contributed by atoms with Crippen LogP contribution in [0.2, 0.25) is 0 Å². The lowest BCUT2D eigenvalue weighted by Gasteiger charge is -2.35. The summed E-state index contributed by atoms with van der Waals surface area (Å²) in [5, 5.41) is 9.46. The molecule has 8 heteroatoms. The van der Waals surface area contributed by atoms with E-state index in [-0.39, 0.29) is 11.0 Å². The average Bonchev–Trinajstić information content (AvgIpc) is 3.10. The number of sulfonamides is 1. The van der Waals surface area contributed by atoms with E-state index in [9.17, 15) is 13.5 Å². The van der Waals surface area contributed by atoms with Gasteiger partial charge in [-0.3, -0.25) is 4.90 Å². The van der Waals surface area contributed by atoms with Gasteiger partial charge in [0.2, 0.25) is 10.0 Å². The third-order valence-electron chi connectivity index (χ3n) is 4.64. The molecule has 0 unspecified atom stereocenters. The standard InChI is InChI=1S/C16H26N4O3S/c1-14(21)13-18-8-10-19(11-9-18)16-5-4-15(12-17-16)24(22,23)20-6-2-3-7-20/h4-5,12,14,21H,2-3,6-11,13H2,1H3/t14-/m1/s1. The predicted octanol–water partition coefficient (Wildman–Crippen LogP) is 0.369. The number of piperazine rings is 1. The highest BCUT2D eigenvalue weighted by atomic mass is 32.2. The number of rotatable bonds is 5. The van der Waals surface area contributed by atoms with E-state index in [4.69, 9.17) is 0 Å². The van der Waals surface area contributed by atoms with Gasteiger partial charge in [-0.15, -0.1) is 0 Å². The summed E-state index contributed by atoms with van der Waals surface area (Å²) in [5.41, 5.74) is 0. The molecule has 0 aromatic carbocycles. The first kappa shape index (κ1) is 17.6. The molecule has 0 spiro atoms. The Labute approximate surface area is 143 Å². The zero-order valence-electron chi connectivity index (χ0n) is 14.1. The Morgan fingerprint density at radius 3 is 2.33 bits per heavy atom. The van der Waals surface area contributed by atoms with Gasteiger partial charge in [0.15, 0.2) is 0 Å². The molecule has 24 heavy (non-hydrogen) atoms. The van der Waals surface area contributed by atoms with Crippen LogP contribution in [0.4, 0.5) is 5.82 Å². The summed E-state index contributed by atoms with van der Waals surface area (Å²) >= 11 is 0. The number of pyridine rings is 1. The topological polar surface area (TPSA) is 77.0 Å². The molecule has 3 heterocycles. The molecule has 1 atom stereocenters. The highest BCUT2D eigenvalue weighted by Gasteiger charge is 2.27. The molecule has 0 bridgehead atoms. The maximum Gasteiger partial charge on any atom is 0.244 e. The second-order valence-corrected chi connectivity index (χ2v) is 8.54. The number of anilines is 1. The van der Waals surface area contributed by atoms with E-state index in [0.717, 1.165) is 44.8 Å². The molecule has 7 nitrogen and oxygen atoms in total. The van der Waals surface area contributed by atoms with Crippen molar-refractivity contribution in [1.29, 1.82) is 0 Å². The Hall–Kier alpha value is -1.22. The molecular formula is C16H26N4O3S. The predicted molar refractivity (Wildman–Crippen MR) is 92.6 cm³/mol. The molecule has 2 fully saturated rings. The second-order valence-electron chi connectivity index (χ2n) is 6.60. The fraction of sp³-hybridized carbons (Fsp3) is 0.688. The van der Waals surface area contributed by atoms with Crippen molar-refractivity contribution in [2.24, 2.45) is 0 Å². The lowest BCUT2D eigenvalue weighted by Crippen LogP contribution is -2.48. The van der Waals surface area contributed by atoms with Crippen LogP contribution in [0.3, 0.4) is 0 Å². The van der Waals surface area contributed by atoms with E-state index in [0.29, 0.717) is 19.6 Å². The van der Waals surface area contributed by atoms with Gasteiger partial charge < -0.3 is 10.0 Å². The molecule has 0 amide bonds. The van der Waals surface area contributed by atoms with Crippen molar-refractivity contribution in [2.75, 3.05) is 50.7 Å². The molecule has 3 rings (SSSR count). The number of nitrogens with zero attached hydrogens (tertiary/aromatic N) is 4. The Bertz CT molecular complexity index is 634. The third-order valence-corrected chi connectivity index (χ3v) is 6.52. The first-order valence-corrected chi connectivity index (χ1v) is 10.0. The summed E-state index contributed by atoms with van der Waals surface area (Å²) < 4.78 is 26.6. The molecular weight excluding hydrogens is 328 g/mol. The Morgan fingerprint density at radius 2 is 1.79 bits per heavy atom. The summed E-state index contributed by atoms with van der Waals surface area (Å²) in [4.78, 5) is 9.04. The van der Waals surface area contributed by atoms with E-state index in [1.807, 2.05) is 0 Å². The van der Waals surface area contributed by atoms with Crippen molar-refractivity contribution >= 4 is 15.8 Å². The largest absolute Gasteiger partial charge is 0.392 e. The summed E-state index contributed by atoms with van der Waals surface area (Å²) in [7, 11) is -3.39. The average molecular weight is 354 g/mol. The lowest BCUT2D eigenvalue weighted by molar-refractivity contribution is 0.122. The van der Waals surface area contributed by atoms with Gasteiger partial charge in [-0.25, -0.2) is 13.4 Å². The molecule has 2 saturated heterocycles. The SMILES string of the molecule is C[C@@H](O)CN1CCN(c2ccc(S(=O)(=O)N3CCCC3)cn2)CC1. The van der Waals surface area contributed by atoms with E-state index in [1.165, 1.54) is 6.20 Å². The first-order chi connectivity index (χ1) is 11.5. The van der Waals surface area contributed by atoms with Crippen LogP contribution in [0, 0.1) is 0 Å². The first-order valence-electron chi connectivity index (χ1n) is 8.58. The van der Waals surface area contributed by atoms with Crippen LogP contribution in [-0.4, -0.2) is 79.6 Å². The van der Waals surface area contributed by atoms with Crippen molar-refractivity contribution < 1.29 is 13.5 Å². The van der Waals surface area contributed by atoms with Crippen molar-refractivity contribution in [2.45, 2.75) is 30.8 Å². The Balaban J connectivity index is 1.63. The number of aliphatic hydroxyl groups is 1. The number of hydrogen-bond acceptors (Lipinski definition) is 6. The third kappa shape index (κ3) is 3.88. The van der Waals surface area contributed by atoms with E-state index in [1.54, 1.807) is 23.4 Å². The van der Waals surface area contributed by atoms with E-state index < -0.39 is 10.0 Å². The molecule has 2 aliphatic heterocycles. The molecule has 134 valence electrons. The molecule has 0 aliphatic carbocycles. The molecule has 1 aromatic heterocycles. The zero-order valence-corrected chi connectivity index (χ0v) is 15.0. The van der Waals surface area contributed by atoms with Crippen LogP contribution in [0.1, 0.15) is 19.8 Å². The van der Waals surface area contributed by atoms with Crippen LogP contribution in [-0.2, 0) is 10.0 Å². The number of aliphatic hydroxyl groups excluding tert-OH is 1. The summed E-state index contributed by atoms with van der Waals surface area (Å²) in [6, 6.07) is 3.46. The molecule has 0 saturated carbocycles. The van der Waals surface area contributed by atoms with Crippen molar-refractivity contribution in [3.8, 4) is 0 Å². The van der Waals surface area contributed by atoms with Gasteiger partial charge in [0.05, 0.1) is 6.10 Å². The van der Waals surface area contributed by atoms with E-state index >= 15 is 0 Å². The maximum absolute atomic E-state index is 12.5. The van der Waals surface area contributed by atoms with Crippen molar-refractivity contribution in [1.82, 2.24) is 14.2 Å². The summed E-state index contributed by atoms with van der Waals surface area (Å²) in [5.74, 6) is 0.812. The smallest absolute Gasteiger partial charge is 0.244 e. The van der Waals surface area contributed by atoms with Gasteiger partial charge in [0.25, 0.3) is 0 Å². The fourth-order valence-electron chi connectivity index (χ4n) is 3.32. The summed E-state index contributed by atoms with van der Waals surface area (Å²) in [6.07, 6.45) is 3.03. The molecule has 2 aliphatic rings. The van der Waals surface area contributed by atoms with Crippen LogP contribution < -0.4 is 4.90 Å². The van der Waals surface area contributed by atoms with Gasteiger partial charge in [-0.1, -0.05) is 0 Å².